The number of amides is 4. The first kappa shape index (κ1) is 36.0. The number of hydrogen-bond donors (Lipinski definition) is 7. The fourth-order valence-corrected chi connectivity index (χ4v) is 7.78. The molecule has 0 aliphatic carbocycles. The van der Waals surface area contributed by atoms with Crippen molar-refractivity contribution in [3.63, 3.8) is 0 Å². The van der Waals surface area contributed by atoms with E-state index in [0.29, 0.717) is 18.8 Å². The van der Waals surface area contributed by atoms with E-state index in [1.807, 2.05) is 0 Å². The van der Waals surface area contributed by atoms with Gasteiger partial charge in [-0.05, 0) is 18.2 Å². The number of piperazine rings is 1. The Kier molecular flexibility index (Phi) is 11.4. The minimum absolute atomic E-state index is 0.143. The maximum absolute atomic E-state index is 15.1. The molecular formula is C27H36FN5O12P2. The van der Waals surface area contributed by atoms with Crippen molar-refractivity contribution in [3.05, 3.63) is 53.8 Å². The van der Waals surface area contributed by atoms with Crippen LogP contribution in [-0.2, 0) is 30.0 Å². The van der Waals surface area contributed by atoms with E-state index in [2.05, 4.69) is 10.6 Å². The summed E-state index contributed by atoms with van der Waals surface area (Å²) in [5, 5.41) is 2.91. The molecule has 20 heteroatoms. The Morgan fingerprint density at radius 3 is 2.32 bits per heavy atom. The number of rotatable bonds is 11. The standard InChI is InChI=1S/C27H36FN5O12P2/c1-17(34)29-14-21-15-33(27(37)45-21)20-6-7-23(22(28)13-20)31-8-10-32(11-9-31)24(35)16-44-26(36)30-19-4-2-18(3-5-19)12-25(46(38,39)40)47(41,42)43/h2-7,13,21,25,38-40,46H,8-12,14-16H2,1H3,(H,29,34)(H,30,36)(H2,41,42,43)/t21-,25?/m0/s1. The third-order valence-electron chi connectivity index (χ3n) is 7.48. The van der Waals surface area contributed by atoms with E-state index in [1.165, 1.54) is 53.1 Å². The molecule has 1 unspecified atom stereocenters. The van der Waals surface area contributed by atoms with Crippen molar-refractivity contribution in [3.8, 4) is 0 Å². The average molecular weight is 704 g/mol. The van der Waals surface area contributed by atoms with E-state index in [4.69, 9.17) is 9.47 Å². The van der Waals surface area contributed by atoms with Crippen molar-refractivity contribution in [2.24, 2.45) is 0 Å². The number of hydrogen-bond acceptors (Lipinski definition) is 11. The molecule has 2 aromatic rings. The van der Waals surface area contributed by atoms with E-state index in [9.17, 15) is 48.2 Å². The minimum Gasteiger partial charge on any atom is -0.442 e. The zero-order chi connectivity index (χ0) is 34.5. The van der Waals surface area contributed by atoms with E-state index >= 15 is 4.39 Å². The number of carbonyl (C=O) groups is 4. The molecule has 0 bridgehead atoms. The number of cyclic esters (lactones) is 1. The molecule has 0 saturated carbocycles. The molecular weight excluding hydrogens is 667 g/mol. The zero-order valence-electron chi connectivity index (χ0n) is 25.1. The Morgan fingerprint density at radius 2 is 1.74 bits per heavy atom. The predicted molar refractivity (Wildman–Crippen MR) is 167 cm³/mol. The second-order valence-electron chi connectivity index (χ2n) is 11.0. The topological polar surface area (TPSA) is 239 Å². The van der Waals surface area contributed by atoms with Gasteiger partial charge in [-0.2, -0.15) is 0 Å². The fraction of sp³-hybridized carbons (Fsp3) is 0.407. The summed E-state index contributed by atoms with van der Waals surface area (Å²) >= 11 is 0. The van der Waals surface area contributed by atoms with Crippen molar-refractivity contribution in [2.45, 2.75) is 24.8 Å². The molecule has 0 spiro atoms. The van der Waals surface area contributed by atoms with Gasteiger partial charge in [-0.1, -0.05) is 0 Å². The summed E-state index contributed by atoms with van der Waals surface area (Å²) < 4.78 is 36.9. The molecule has 0 radical (unpaired) electrons. The van der Waals surface area contributed by atoms with Gasteiger partial charge < -0.3 is 15.0 Å². The molecule has 2 aliphatic heterocycles. The number of benzene rings is 2. The first-order chi connectivity index (χ1) is 22.0. The summed E-state index contributed by atoms with van der Waals surface area (Å²) in [5.74, 6) is -1.30. The second-order valence-corrected chi connectivity index (χ2v) is 15.3. The number of ether oxygens (including phenoxy) is 2. The van der Waals surface area contributed by atoms with Crippen LogP contribution in [0, 0.1) is 5.82 Å². The van der Waals surface area contributed by atoms with Gasteiger partial charge in [0.1, 0.15) is 11.9 Å². The van der Waals surface area contributed by atoms with Gasteiger partial charge in [0.15, 0.2) is 0 Å². The van der Waals surface area contributed by atoms with Crippen LogP contribution >= 0.6 is 15.5 Å². The molecule has 2 aromatic carbocycles. The summed E-state index contributed by atoms with van der Waals surface area (Å²) in [6, 6.07) is 9.76. The quantitative estimate of drug-likeness (QED) is 0.160. The third kappa shape index (κ3) is 9.81. The van der Waals surface area contributed by atoms with Gasteiger partial charge in [-0.25, -0.2) is 9.18 Å². The van der Waals surface area contributed by atoms with Crippen LogP contribution < -0.4 is 20.4 Å². The predicted octanol–water partition coefficient (Wildman–Crippen LogP) is 0.702. The Labute approximate surface area is 268 Å². The SMILES string of the molecule is CC(=O)NC[C@H]1CN(c2ccc(N3CCN(C(=O)COC(=O)Nc4ccc(CC(P(=O)(O)O)[PH](O)(O)O)cc4)CC3)c(F)c2)C(=O)O1. The van der Waals surface area contributed by atoms with Crippen molar-refractivity contribution in [1.82, 2.24) is 10.2 Å². The van der Waals surface area contributed by atoms with E-state index in [1.54, 1.807) is 11.0 Å². The maximum atomic E-state index is 15.1. The van der Waals surface area contributed by atoms with Crippen molar-refractivity contribution >= 4 is 56.6 Å². The van der Waals surface area contributed by atoms with Gasteiger partial charge in [-0.15, -0.1) is 0 Å². The van der Waals surface area contributed by atoms with Crippen LogP contribution in [0.1, 0.15) is 12.5 Å². The number of nitrogens with one attached hydrogen (secondary N) is 2. The molecule has 7 N–H and O–H groups in total. The molecule has 4 rings (SSSR count). The zero-order valence-corrected chi connectivity index (χ0v) is 27.0. The average Bonchev–Trinajstić information content (AvgIpc) is 3.37. The summed E-state index contributed by atoms with van der Waals surface area (Å²) in [6.45, 7) is 2.11. The molecule has 2 saturated heterocycles. The largest absolute Gasteiger partial charge is 0.442 e. The first-order valence-corrected chi connectivity index (χ1v) is 17.9. The smallest absolute Gasteiger partial charge is 0.414 e. The van der Waals surface area contributed by atoms with Crippen molar-refractivity contribution in [2.75, 3.05) is 61.0 Å². The van der Waals surface area contributed by atoms with Gasteiger partial charge in [0.05, 0.1) is 24.5 Å². The molecule has 2 atom stereocenters. The van der Waals surface area contributed by atoms with Crippen LogP contribution in [0.3, 0.4) is 0 Å². The molecule has 17 nitrogen and oxygen atoms in total. The van der Waals surface area contributed by atoms with E-state index < -0.39 is 64.0 Å². The normalized spacial score (nSPS) is 18.0. The third-order valence-corrected chi connectivity index (χ3v) is 11.6. The van der Waals surface area contributed by atoms with Crippen LogP contribution in [0.2, 0.25) is 0 Å². The molecule has 2 heterocycles. The van der Waals surface area contributed by atoms with Gasteiger partial charge in [-0.3, -0.25) is 9.69 Å². The van der Waals surface area contributed by atoms with Crippen LogP contribution in [0.25, 0.3) is 0 Å². The molecule has 258 valence electrons. The molecule has 2 fully saturated rings. The molecule has 47 heavy (non-hydrogen) atoms. The number of halogens is 1. The van der Waals surface area contributed by atoms with Crippen LogP contribution in [0.15, 0.2) is 42.5 Å². The summed E-state index contributed by atoms with van der Waals surface area (Å²) in [5.41, 5.74) is 1.05. The Morgan fingerprint density at radius 1 is 1.09 bits per heavy atom. The van der Waals surface area contributed by atoms with Gasteiger partial charge in [0.2, 0.25) is 5.91 Å². The fourth-order valence-electron chi connectivity index (χ4n) is 5.01. The first-order valence-electron chi connectivity index (χ1n) is 14.3. The second kappa shape index (κ2) is 14.9. The van der Waals surface area contributed by atoms with E-state index in [0.717, 1.165) is 0 Å². The number of anilines is 3. The van der Waals surface area contributed by atoms with Crippen molar-refractivity contribution in [1.29, 1.82) is 0 Å². The van der Waals surface area contributed by atoms with Crippen LogP contribution in [0.5, 0.6) is 0 Å². The van der Waals surface area contributed by atoms with E-state index in [-0.39, 0.29) is 49.0 Å². The maximum Gasteiger partial charge on any atom is 0.414 e. The monoisotopic (exact) mass is 703 g/mol. The van der Waals surface area contributed by atoms with Gasteiger partial charge in [0.25, 0.3) is 0 Å². The van der Waals surface area contributed by atoms with Gasteiger partial charge in [0, 0.05) is 33.1 Å². The van der Waals surface area contributed by atoms with Crippen LogP contribution in [0.4, 0.5) is 31.0 Å². The number of carbonyl (C=O) groups excluding carboxylic acids is 4. The Bertz CT molecular complexity index is 1530. The molecule has 0 aromatic heterocycles. The molecule has 4 amide bonds. The van der Waals surface area contributed by atoms with Crippen molar-refractivity contribution < 1.29 is 62.1 Å². The Balaban J connectivity index is 1.22. The minimum atomic E-state index is -5.15. The summed E-state index contributed by atoms with van der Waals surface area (Å²) in [4.78, 5) is 99.6. The summed E-state index contributed by atoms with van der Waals surface area (Å²) in [7, 11) is -10.2. The van der Waals surface area contributed by atoms with Crippen LogP contribution in [-0.4, -0.2) is 111 Å². The molecule has 2 aliphatic rings. The Hall–Kier alpha value is -3.89. The number of nitrogens with zero attached hydrogens (tertiary/aromatic N) is 3. The van der Waals surface area contributed by atoms with Gasteiger partial charge >= 0.3 is 141 Å². The summed E-state index contributed by atoms with van der Waals surface area (Å²) in [6.07, 6.45) is -2.69.